The Hall–Kier alpha value is -2.05. The summed E-state index contributed by atoms with van der Waals surface area (Å²) in [6.45, 7) is 0. The molecule has 2 aliphatic rings. The van der Waals surface area contributed by atoms with Crippen LogP contribution in [0.3, 0.4) is 0 Å². The van der Waals surface area contributed by atoms with Crippen molar-refractivity contribution >= 4 is 51.8 Å². The number of anilines is 1. The molecule has 1 aromatic carbocycles. The van der Waals surface area contributed by atoms with Gasteiger partial charge in [-0.15, -0.1) is 34.9 Å². The summed E-state index contributed by atoms with van der Waals surface area (Å²) in [5, 5.41) is 24.3. The molecule has 30 heavy (non-hydrogen) atoms. The predicted molar refractivity (Wildman–Crippen MR) is 118 cm³/mol. The van der Waals surface area contributed by atoms with Gasteiger partial charge in [0.05, 0.1) is 17.8 Å². The third-order valence-electron chi connectivity index (χ3n) is 4.72. The Morgan fingerprint density at radius 3 is 2.80 bits per heavy atom. The van der Waals surface area contributed by atoms with Crippen LogP contribution in [0.15, 0.2) is 51.9 Å². The van der Waals surface area contributed by atoms with Crippen LogP contribution in [0.5, 0.6) is 0 Å². The van der Waals surface area contributed by atoms with Gasteiger partial charge in [0.15, 0.2) is 11.4 Å². The molecule has 2 atom stereocenters. The predicted octanol–water partition coefficient (Wildman–Crippen LogP) is 1.02. The number of aromatic nitrogens is 1. The molecule has 2 aromatic rings. The fraction of sp³-hybridized carbons (Fsp3) is 0.316. The molecular weight excluding hydrogens is 444 g/mol. The average molecular weight is 465 g/mol. The second-order valence-electron chi connectivity index (χ2n) is 6.77. The molecule has 3 heterocycles. The summed E-state index contributed by atoms with van der Waals surface area (Å²) in [6.07, 6.45) is -1.71. The summed E-state index contributed by atoms with van der Waals surface area (Å²) in [7, 11) is 0. The molecule has 11 heteroatoms. The zero-order chi connectivity index (χ0) is 21.3. The van der Waals surface area contributed by atoms with E-state index < -0.39 is 12.3 Å². The molecule has 1 fully saturated rings. The number of rotatable bonds is 7. The van der Waals surface area contributed by atoms with Gasteiger partial charge in [0, 0.05) is 21.8 Å². The molecule has 1 unspecified atom stereocenters. The SMILES string of the molecule is Nc1nc(CC(=O)N[C@@H]2C(=O)N3C(C(O)O)=C(CSc4ccccc4)CSC23)cs1. The molecule has 2 aliphatic heterocycles. The highest BCUT2D eigenvalue weighted by Crippen LogP contribution is 2.42. The van der Waals surface area contributed by atoms with Crippen molar-refractivity contribution in [2.45, 2.75) is 29.0 Å². The van der Waals surface area contributed by atoms with Crippen LogP contribution in [0.1, 0.15) is 5.69 Å². The number of thioether (sulfide) groups is 2. The lowest BCUT2D eigenvalue weighted by atomic mass is 10.0. The monoisotopic (exact) mass is 464 g/mol. The molecule has 1 aromatic heterocycles. The number of hydrogen-bond donors (Lipinski definition) is 4. The summed E-state index contributed by atoms with van der Waals surface area (Å²) in [5.74, 6) is 0.432. The first-order chi connectivity index (χ1) is 14.4. The lowest BCUT2D eigenvalue weighted by molar-refractivity contribution is -0.150. The van der Waals surface area contributed by atoms with Crippen LogP contribution in [0, 0.1) is 0 Å². The van der Waals surface area contributed by atoms with Gasteiger partial charge in [-0.2, -0.15) is 0 Å². The normalized spacial score (nSPS) is 20.9. The third kappa shape index (κ3) is 4.35. The van der Waals surface area contributed by atoms with Crippen LogP contribution >= 0.6 is 34.9 Å². The van der Waals surface area contributed by atoms with Crippen LogP contribution in [0.2, 0.25) is 0 Å². The van der Waals surface area contributed by atoms with Crippen molar-refractivity contribution in [1.29, 1.82) is 0 Å². The van der Waals surface area contributed by atoms with Gasteiger partial charge in [-0.1, -0.05) is 18.2 Å². The number of thiazole rings is 1. The number of nitrogens with one attached hydrogen (secondary N) is 1. The van der Waals surface area contributed by atoms with Gasteiger partial charge in [0.25, 0.3) is 5.91 Å². The highest BCUT2D eigenvalue weighted by atomic mass is 32.2. The van der Waals surface area contributed by atoms with E-state index in [9.17, 15) is 19.8 Å². The number of aliphatic hydroxyl groups is 2. The number of carbonyl (C=O) groups is 2. The smallest absolute Gasteiger partial charge is 0.253 e. The summed E-state index contributed by atoms with van der Waals surface area (Å²) in [5.41, 5.74) is 7.16. The number of fused-ring (bicyclic) bond motifs is 1. The first-order valence-corrected chi connectivity index (χ1v) is 12.0. The molecule has 158 valence electrons. The number of nitrogens with zero attached hydrogens (tertiary/aromatic N) is 2. The van der Waals surface area contributed by atoms with Gasteiger partial charge in [-0.3, -0.25) is 14.5 Å². The Morgan fingerprint density at radius 2 is 2.13 bits per heavy atom. The molecule has 5 N–H and O–H groups in total. The van der Waals surface area contributed by atoms with Crippen LogP contribution < -0.4 is 11.1 Å². The summed E-state index contributed by atoms with van der Waals surface area (Å²) >= 11 is 4.33. The molecule has 0 spiro atoms. The van der Waals surface area contributed by atoms with Gasteiger partial charge in [0.2, 0.25) is 5.91 Å². The molecule has 0 bridgehead atoms. The number of nitrogens with two attached hydrogens (primary N) is 1. The first-order valence-electron chi connectivity index (χ1n) is 9.14. The van der Waals surface area contributed by atoms with Gasteiger partial charge in [0.1, 0.15) is 11.4 Å². The van der Waals surface area contributed by atoms with Crippen molar-refractivity contribution in [2.24, 2.45) is 0 Å². The van der Waals surface area contributed by atoms with Gasteiger partial charge in [-0.05, 0) is 17.7 Å². The number of carbonyl (C=O) groups excluding carboxylic acids is 2. The maximum Gasteiger partial charge on any atom is 0.253 e. The van der Waals surface area contributed by atoms with Crippen molar-refractivity contribution in [3.63, 3.8) is 0 Å². The lowest BCUT2D eigenvalue weighted by Gasteiger charge is -2.51. The zero-order valence-corrected chi connectivity index (χ0v) is 18.2. The minimum atomic E-state index is -1.75. The van der Waals surface area contributed by atoms with E-state index in [2.05, 4.69) is 10.3 Å². The average Bonchev–Trinajstić information content (AvgIpc) is 3.14. The minimum Gasteiger partial charge on any atom is -0.375 e. The summed E-state index contributed by atoms with van der Waals surface area (Å²) in [6, 6.07) is 9.08. The maximum atomic E-state index is 12.7. The second-order valence-corrected chi connectivity index (χ2v) is 9.82. The Kier molecular flexibility index (Phi) is 6.34. The Balaban J connectivity index is 1.42. The van der Waals surface area contributed by atoms with E-state index in [1.54, 1.807) is 17.1 Å². The van der Waals surface area contributed by atoms with E-state index >= 15 is 0 Å². The van der Waals surface area contributed by atoms with Crippen LogP contribution in [0.4, 0.5) is 5.13 Å². The van der Waals surface area contributed by atoms with E-state index in [0.717, 1.165) is 10.5 Å². The van der Waals surface area contributed by atoms with Gasteiger partial charge >= 0.3 is 0 Å². The molecule has 8 nitrogen and oxygen atoms in total. The molecule has 2 amide bonds. The maximum absolute atomic E-state index is 12.7. The van der Waals surface area contributed by atoms with E-state index in [4.69, 9.17) is 5.73 Å². The van der Waals surface area contributed by atoms with Crippen molar-refractivity contribution in [2.75, 3.05) is 17.2 Å². The topological polar surface area (TPSA) is 129 Å². The van der Waals surface area contributed by atoms with E-state index in [1.165, 1.54) is 28.0 Å². The fourth-order valence-electron chi connectivity index (χ4n) is 3.36. The molecule has 1 saturated heterocycles. The molecule has 4 rings (SSSR count). The Bertz CT molecular complexity index is 979. The number of nitrogen functional groups attached to an aromatic ring is 1. The fourth-order valence-corrected chi connectivity index (χ4v) is 6.35. The van der Waals surface area contributed by atoms with Crippen LogP contribution in [-0.2, 0) is 16.0 Å². The summed E-state index contributed by atoms with van der Waals surface area (Å²) in [4.78, 5) is 31.5. The van der Waals surface area contributed by atoms with Crippen molar-refractivity contribution in [3.05, 3.63) is 52.7 Å². The van der Waals surface area contributed by atoms with Gasteiger partial charge in [-0.25, -0.2) is 4.98 Å². The van der Waals surface area contributed by atoms with Crippen LogP contribution in [0.25, 0.3) is 0 Å². The largest absolute Gasteiger partial charge is 0.375 e. The third-order valence-corrected chi connectivity index (χ3v) is 7.88. The number of benzene rings is 1. The standard InChI is InChI=1S/C19H20N4O4S3/c20-19-21-11(9-30-19)6-13(24)22-14-16(25)23-15(18(26)27)10(8-29-17(14)23)7-28-12-4-2-1-3-5-12/h1-5,9,14,17-18,26-27H,6-8H2,(H2,20,21)(H,22,24)/t14-,17?/m1/s1. The lowest BCUT2D eigenvalue weighted by Crippen LogP contribution is -2.71. The van der Waals surface area contributed by atoms with E-state index in [-0.39, 0.29) is 29.3 Å². The number of hydrogen-bond acceptors (Lipinski definition) is 9. The van der Waals surface area contributed by atoms with E-state index in [0.29, 0.717) is 22.3 Å². The number of aliphatic hydroxyl groups excluding tert-OH is 1. The number of amides is 2. The number of β-lactam (4-membered cyclic amide) rings is 1. The van der Waals surface area contributed by atoms with E-state index in [1.807, 2.05) is 30.3 Å². The second kappa shape index (κ2) is 8.98. The highest BCUT2D eigenvalue weighted by Gasteiger charge is 2.53. The zero-order valence-electron chi connectivity index (χ0n) is 15.7. The highest BCUT2D eigenvalue weighted by molar-refractivity contribution is 8.01. The quantitative estimate of drug-likeness (QED) is 0.272. The first kappa shape index (κ1) is 21.2. The Labute approximate surface area is 185 Å². The molecule has 0 saturated carbocycles. The van der Waals surface area contributed by atoms with Gasteiger partial charge < -0.3 is 21.3 Å². The Morgan fingerprint density at radius 1 is 1.37 bits per heavy atom. The van der Waals surface area contributed by atoms with Crippen molar-refractivity contribution in [3.8, 4) is 0 Å². The van der Waals surface area contributed by atoms with Crippen molar-refractivity contribution in [1.82, 2.24) is 15.2 Å². The molecule has 0 aliphatic carbocycles. The van der Waals surface area contributed by atoms with Crippen molar-refractivity contribution < 1.29 is 19.8 Å². The van der Waals surface area contributed by atoms with Crippen LogP contribution in [-0.4, -0.2) is 61.1 Å². The summed E-state index contributed by atoms with van der Waals surface area (Å²) < 4.78 is 0. The molecular formula is C19H20N4O4S3. The molecule has 0 radical (unpaired) electrons. The minimum absolute atomic E-state index is 0.0408.